The van der Waals surface area contributed by atoms with Crippen LogP contribution < -0.4 is 4.74 Å². The van der Waals surface area contributed by atoms with Crippen LogP contribution in [0.1, 0.15) is 24.3 Å². The molecule has 7 nitrogen and oxygen atoms in total. The summed E-state index contributed by atoms with van der Waals surface area (Å²) < 4.78 is 7.02. The molecule has 0 spiro atoms. The lowest BCUT2D eigenvalue weighted by Crippen LogP contribution is -2.37. The van der Waals surface area contributed by atoms with Crippen LogP contribution in [0.5, 0.6) is 11.5 Å². The van der Waals surface area contributed by atoms with Crippen molar-refractivity contribution in [3.8, 4) is 11.5 Å². The molecule has 0 aliphatic carbocycles. The molecular weight excluding hydrogens is 412 g/mol. The third-order valence-corrected chi connectivity index (χ3v) is 5.47. The average Bonchev–Trinajstić information content (AvgIpc) is 3.19. The number of carbonyl (C=O) groups excluding carboxylic acids is 2. The number of hydrogen-bond donors (Lipinski definition) is 0. The molecule has 0 radical (unpaired) electrons. The number of benzene rings is 2. The molecule has 162 valence electrons. The van der Waals surface area contributed by atoms with Crippen molar-refractivity contribution in [2.24, 2.45) is 0 Å². The molecule has 3 rings (SSSR count). The van der Waals surface area contributed by atoms with E-state index in [1.165, 1.54) is 21.3 Å². The highest BCUT2D eigenvalue weighted by atomic mass is 32.2. The summed E-state index contributed by atoms with van der Waals surface area (Å²) in [6.07, 6.45) is 0. The lowest BCUT2D eigenvalue weighted by Gasteiger charge is -2.19. The van der Waals surface area contributed by atoms with Gasteiger partial charge >= 0.3 is 6.03 Å². The number of ether oxygens (including phenoxy) is 1. The highest BCUT2D eigenvalue weighted by molar-refractivity contribution is 7.99. The fourth-order valence-corrected chi connectivity index (χ4v) is 3.69. The maximum Gasteiger partial charge on any atom is 0.345 e. The second kappa shape index (κ2) is 10.2. The van der Waals surface area contributed by atoms with Gasteiger partial charge in [0, 0.05) is 38.1 Å². The maximum absolute atomic E-state index is 12.9. The molecule has 0 fully saturated rings. The molecule has 0 aliphatic rings. The highest BCUT2D eigenvalue weighted by Gasteiger charge is 2.24. The zero-order valence-electron chi connectivity index (χ0n) is 18.1. The summed E-state index contributed by atoms with van der Waals surface area (Å²) in [7, 11) is 3.31. The van der Waals surface area contributed by atoms with Crippen molar-refractivity contribution in [2.45, 2.75) is 23.8 Å². The van der Waals surface area contributed by atoms with Crippen LogP contribution in [-0.4, -0.2) is 58.7 Å². The third kappa shape index (κ3) is 5.46. The average molecular weight is 439 g/mol. The van der Waals surface area contributed by atoms with E-state index in [1.54, 1.807) is 25.1 Å². The van der Waals surface area contributed by atoms with E-state index in [9.17, 15) is 9.59 Å². The first-order valence-corrected chi connectivity index (χ1v) is 10.9. The standard InChI is InChI=1S/C23H26N4O3S/c1-5-26(6-2)23(29)27-20(22(28)25(3)4)16-21(24-27)31-19-14-12-18(13-15-19)30-17-10-8-7-9-11-17/h7-16H,5-6H2,1-4H3. The van der Waals surface area contributed by atoms with E-state index >= 15 is 0 Å². The van der Waals surface area contributed by atoms with Gasteiger partial charge in [-0.25, -0.2) is 4.79 Å². The van der Waals surface area contributed by atoms with Gasteiger partial charge in [-0.1, -0.05) is 30.0 Å². The van der Waals surface area contributed by atoms with Gasteiger partial charge in [-0.2, -0.15) is 9.78 Å². The number of rotatable bonds is 7. The molecule has 0 atom stereocenters. The number of nitrogens with zero attached hydrogens (tertiary/aromatic N) is 4. The van der Waals surface area contributed by atoms with E-state index < -0.39 is 0 Å². The summed E-state index contributed by atoms with van der Waals surface area (Å²) in [4.78, 5) is 29.5. The molecule has 2 aromatic carbocycles. The molecule has 1 heterocycles. The van der Waals surface area contributed by atoms with Crippen molar-refractivity contribution in [1.29, 1.82) is 0 Å². The Morgan fingerprint density at radius 1 is 0.968 bits per heavy atom. The first-order chi connectivity index (χ1) is 14.9. The van der Waals surface area contributed by atoms with Gasteiger partial charge in [0.2, 0.25) is 0 Å². The van der Waals surface area contributed by atoms with Crippen LogP contribution in [0.15, 0.2) is 70.6 Å². The van der Waals surface area contributed by atoms with Gasteiger partial charge in [-0.15, -0.1) is 0 Å². The first kappa shape index (κ1) is 22.4. The number of para-hydroxylation sites is 1. The minimum atomic E-state index is -0.311. The second-order valence-corrected chi connectivity index (χ2v) is 8.02. The van der Waals surface area contributed by atoms with Crippen molar-refractivity contribution in [2.75, 3.05) is 27.2 Å². The molecule has 0 N–H and O–H groups in total. The Morgan fingerprint density at radius 2 is 1.58 bits per heavy atom. The summed E-state index contributed by atoms with van der Waals surface area (Å²) in [5, 5.41) is 5.00. The van der Waals surface area contributed by atoms with Gasteiger partial charge in [0.05, 0.1) is 0 Å². The fraction of sp³-hybridized carbons (Fsp3) is 0.261. The lowest BCUT2D eigenvalue weighted by atomic mass is 10.3. The van der Waals surface area contributed by atoms with Crippen molar-refractivity contribution in [3.05, 3.63) is 66.4 Å². The van der Waals surface area contributed by atoms with Crippen molar-refractivity contribution >= 4 is 23.7 Å². The summed E-state index contributed by atoms with van der Waals surface area (Å²) in [6.45, 7) is 4.87. The van der Waals surface area contributed by atoms with Crippen molar-refractivity contribution in [3.63, 3.8) is 0 Å². The molecule has 0 saturated heterocycles. The van der Waals surface area contributed by atoms with E-state index in [2.05, 4.69) is 5.10 Å². The van der Waals surface area contributed by atoms with Crippen LogP contribution in [0, 0.1) is 0 Å². The molecule has 2 amide bonds. The molecular formula is C23H26N4O3S. The Labute approximate surface area is 186 Å². The largest absolute Gasteiger partial charge is 0.457 e. The summed E-state index contributed by atoms with van der Waals surface area (Å²) in [5.41, 5.74) is 0.244. The maximum atomic E-state index is 12.9. The SMILES string of the molecule is CCN(CC)C(=O)n1nc(Sc2ccc(Oc3ccccc3)cc2)cc1C(=O)N(C)C. The molecule has 1 aromatic heterocycles. The number of carbonyl (C=O) groups is 2. The van der Waals surface area contributed by atoms with Gasteiger partial charge in [-0.3, -0.25) is 4.79 Å². The Balaban J connectivity index is 1.81. The molecule has 0 unspecified atom stereocenters. The number of aromatic nitrogens is 2. The van der Waals surface area contributed by atoms with Gasteiger partial charge < -0.3 is 14.5 Å². The van der Waals surface area contributed by atoms with E-state index in [0.717, 1.165) is 16.4 Å². The van der Waals surface area contributed by atoms with E-state index in [4.69, 9.17) is 4.74 Å². The Morgan fingerprint density at radius 3 is 2.16 bits per heavy atom. The van der Waals surface area contributed by atoms with Gasteiger partial charge in [-0.05, 0) is 50.2 Å². The Bertz CT molecular complexity index is 1030. The topological polar surface area (TPSA) is 67.7 Å². The first-order valence-electron chi connectivity index (χ1n) is 10.0. The summed E-state index contributed by atoms with van der Waals surface area (Å²) >= 11 is 1.38. The molecule has 0 aliphatic heterocycles. The van der Waals surface area contributed by atoms with E-state index in [1.807, 2.05) is 68.4 Å². The fourth-order valence-electron chi connectivity index (χ4n) is 2.89. The molecule has 8 heteroatoms. The van der Waals surface area contributed by atoms with E-state index in [0.29, 0.717) is 18.1 Å². The molecule has 3 aromatic rings. The smallest absolute Gasteiger partial charge is 0.345 e. The summed E-state index contributed by atoms with van der Waals surface area (Å²) in [6, 6.07) is 18.5. The number of amides is 2. The number of hydrogen-bond acceptors (Lipinski definition) is 5. The van der Waals surface area contributed by atoms with Crippen LogP contribution in [0.4, 0.5) is 4.79 Å². The van der Waals surface area contributed by atoms with Gasteiger partial charge in [0.15, 0.2) is 0 Å². The Hall–Kier alpha value is -3.26. The van der Waals surface area contributed by atoms with Gasteiger partial charge in [0.25, 0.3) is 5.91 Å². The molecule has 0 bridgehead atoms. The molecule has 31 heavy (non-hydrogen) atoms. The van der Waals surface area contributed by atoms with E-state index in [-0.39, 0.29) is 17.6 Å². The normalized spacial score (nSPS) is 10.6. The van der Waals surface area contributed by atoms with Crippen molar-refractivity contribution < 1.29 is 14.3 Å². The van der Waals surface area contributed by atoms with Crippen LogP contribution in [0.3, 0.4) is 0 Å². The van der Waals surface area contributed by atoms with Gasteiger partial charge in [0.1, 0.15) is 22.2 Å². The predicted molar refractivity (Wildman–Crippen MR) is 121 cm³/mol. The minimum absolute atomic E-state index is 0.244. The predicted octanol–water partition coefficient (Wildman–Crippen LogP) is 4.84. The summed E-state index contributed by atoms with van der Waals surface area (Å²) in [5.74, 6) is 1.22. The zero-order valence-corrected chi connectivity index (χ0v) is 18.9. The van der Waals surface area contributed by atoms with Crippen LogP contribution >= 0.6 is 11.8 Å². The monoisotopic (exact) mass is 438 g/mol. The van der Waals surface area contributed by atoms with Crippen LogP contribution in [0.25, 0.3) is 0 Å². The van der Waals surface area contributed by atoms with Crippen molar-refractivity contribution in [1.82, 2.24) is 19.6 Å². The minimum Gasteiger partial charge on any atom is -0.457 e. The second-order valence-electron chi connectivity index (χ2n) is 6.92. The molecule has 0 saturated carbocycles. The van der Waals surface area contributed by atoms with Crippen LogP contribution in [-0.2, 0) is 0 Å². The quantitative estimate of drug-likeness (QED) is 0.528. The van der Waals surface area contributed by atoms with Crippen LogP contribution in [0.2, 0.25) is 0 Å². The highest BCUT2D eigenvalue weighted by Crippen LogP contribution is 2.30. The third-order valence-electron chi connectivity index (χ3n) is 4.55. The lowest BCUT2D eigenvalue weighted by molar-refractivity contribution is 0.0815. The zero-order chi connectivity index (χ0) is 22.4. The Kier molecular flexibility index (Phi) is 7.36.